The number of amides is 1. The number of fused-ring (bicyclic) bond motifs is 3. The molecule has 0 saturated heterocycles. The second-order valence-electron chi connectivity index (χ2n) is 8.99. The van der Waals surface area contributed by atoms with Crippen LogP contribution in [0.2, 0.25) is 0 Å². The Kier molecular flexibility index (Phi) is 12.4. The third-order valence-electron chi connectivity index (χ3n) is 6.41. The first kappa shape index (κ1) is 28.6. The summed E-state index contributed by atoms with van der Waals surface area (Å²) in [5, 5.41) is 12.1. The summed E-state index contributed by atoms with van der Waals surface area (Å²) in [6.07, 6.45) is 3.05. The summed E-state index contributed by atoms with van der Waals surface area (Å²) in [7, 11) is 0. The van der Waals surface area contributed by atoms with Gasteiger partial charge in [0.2, 0.25) is 0 Å². The van der Waals surface area contributed by atoms with E-state index in [1.54, 1.807) is 0 Å². The SMILES string of the molecule is CCOCCOCCOCCCCCC[C@H](NC(=O)OCC1c2ccccc2-c2ccccc21)C(=O)O. The molecule has 0 saturated carbocycles. The van der Waals surface area contributed by atoms with Crippen molar-refractivity contribution in [3.63, 3.8) is 0 Å². The van der Waals surface area contributed by atoms with Crippen molar-refractivity contribution in [2.24, 2.45) is 0 Å². The minimum atomic E-state index is -1.05. The third-order valence-corrected chi connectivity index (χ3v) is 6.41. The van der Waals surface area contributed by atoms with Crippen LogP contribution in [0.5, 0.6) is 0 Å². The van der Waals surface area contributed by atoms with E-state index in [-0.39, 0.29) is 12.5 Å². The number of hydrogen-bond acceptors (Lipinski definition) is 6. The van der Waals surface area contributed by atoms with Crippen molar-refractivity contribution in [2.75, 3.05) is 46.2 Å². The Morgan fingerprint density at radius 2 is 1.38 bits per heavy atom. The molecule has 1 amide bonds. The normalized spacial score (nSPS) is 13.1. The van der Waals surface area contributed by atoms with Crippen LogP contribution in [0.4, 0.5) is 4.79 Å². The molecule has 8 heteroatoms. The molecule has 37 heavy (non-hydrogen) atoms. The van der Waals surface area contributed by atoms with Gasteiger partial charge >= 0.3 is 12.1 Å². The molecular formula is C29H39NO7. The average molecular weight is 514 g/mol. The minimum absolute atomic E-state index is 0.0646. The van der Waals surface area contributed by atoms with Crippen molar-refractivity contribution >= 4 is 12.1 Å². The molecule has 1 aliphatic carbocycles. The molecule has 0 radical (unpaired) electrons. The van der Waals surface area contributed by atoms with E-state index in [0.717, 1.165) is 41.5 Å². The Morgan fingerprint density at radius 3 is 2.00 bits per heavy atom. The highest BCUT2D eigenvalue weighted by molar-refractivity contribution is 5.81. The molecule has 0 unspecified atom stereocenters. The molecule has 0 fully saturated rings. The molecule has 0 heterocycles. The molecule has 2 aromatic carbocycles. The number of benzene rings is 2. The van der Waals surface area contributed by atoms with Gasteiger partial charge in [-0.3, -0.25) is 0 Å². The molecule has 1 aliphatic rings. The van der Waals surface area contributed by atoms with Gasteiger partial charge < -0.3 is 29.4 Å². The van der Waals surface area contributed by atoms with Gasteiger partial charge in [0.15, 0.2) is 0 Å². The molecule has 0 bridgehead atoms. The van der Waals surface area contributed by atoms with Crippen molar-refractivity contribution in [1.29, 1.82) is 0 Å². The molecule has 3 rings (SSSR count). The lowest BCUT2D eigenvalue weighted by molar-refractivity contribution is -0.139. The van der Waals surface area contributed by atoms with Gasteiger partial charge in [-0.05, 0) is 42.0 Å². The van der Waals surface area contributed by atoms with Gasteiger partial charge in [0.1, 0.15) is 12.6 Å². The molecule has 0 aromatic heterocycles. The van der Waals surface area contributed by atoms with Crippen molar-refractivity contribution in [3.8, 4) is 11.1 Å². The summed E-state index contributed by atoms with van der Waals surface area (Å²) in [5.41, 5.74) is 4.52. The number of alkyl carbamates (subject to hydrolysis) is 1. The molecule has 202 valence electrons. The number of carboxylic acids is 1. The lowest BCUT2D eigenvalue weighted by atomic mass is 9.98. The number of hydrogen-bond donors (Lipinski definition) is 2. The number of aliphatic carboxylic acids is 1. The lowest BCUT2D eigenvalue weighted by Crippen LogP contribution is -2.41. The fourth-order valence-corrected chi connectivity index (χ4v) is 4.53. The second-order valence-corrected chi connectivity index (χ2v) is 8.99. The maximum Gasteiger partial charge on any atom is 0.407 e. The van der Waals surface area contributed by atoms with Crippen molar-refractivity contribution < 1.29 is 33.6 Å². The van der Waals surface area contributed by atoms with Gasteiger partial charge in [0, 0.05) is 19.1 Å². The first-order chi connectivity index (χ1) is 18.1. The van der Waals surface area contributed by atoms with E-state index >= 15 is 0 Å². The summed E-state index contributed by atoms with van der Waals surface area (Å²) in [6, 6.07) is 15.2. The summed E-state index contributed by atoms with van der Waals surface area (Å²) in [4.78, 5) is 24.1. The highest BCUT2D eigenvalue weighted by atomic mass is 16.6. The Labute approximate surface area is 219 Å². The van der Waals surface area contributed by atoms with Crippen molar-refractivity contribution in [1.82, 2.24) is 5.32 Å². The second kappa shape index (κ2) is 16.0. The molecular weight excluding hydrogens is 474 g/mol. The van der Waals surface area contributed by atoms with Crippen LogP contribution < -0.4 is 5.32 Å². The van der Waals surface area contributed by atoms with Crippen LogP contribution in [0.1, 0.15) is 56.1 Å². The number of rotatable bonds is 18. The summed E-state index contributed by atoms with van der Waals surface area (Å²) < 4.78 is 21.6. The molecule has 2 N–H and O–H groups in total. The average Bonchev–Trinajstić information content (AvgIpc) is 3.23. The number of carbonyl (C=O) groups is 2. The third kappa shape index (κ3) is 9.14. The van der Waals surface area contributed by atoms with E-state index < -0.39 is 18.1 Å². The highest BCUT2D eigenvalue weighted by Crippen LogP contribution is 2.44. The number of carbonyl (C=O) groups excluding carboxylic acids is 1. The monoisotopic (exact) mass is 513 g/mol. The number of nitrogens with one attached hydrogen (secondary N) is 1. The quantitative estimate of drug-likeness (QED) is 0.270. The molecule has 2 aromatic rings. The standard InChI is InChI=1S/C29H39NO7/c1-2-34-17-18-36-20-19-35-16-10-4-3-5-15-27(28(31)32)30-29(33)37-21-26-24-13-8-6-11-22(24)23-12-7-9-14-25(23)26/h6-9,11-14,26-27H,2-5,10,15-21H2,1H3,(H,30,33)(H,31,32)/t27-/m0/s1. The van der Waals surface area contributed by atoms with Crippen LogP contribution in [0.3, 0.4) is 0 Å². The first-order valence-electron chi connectivity index (χ1n) is 13.2. The van der Waals surface area contributed by atoms with E-state index in [4.69, 9.17) is 18.9 Å². The number of unbranched alkanes of at least 4 members (excludes halogenated alkanes) is 3. The maximum atomic E-state index is 12.4. The minimum Gasteiger partial charge on any atom is -0.480 e. The Morgan fingerprint density at radius 1 is 0.811 bits per heavy atom. The first-order valence-corrected chi connectivity index (χ1v) is 13.2. The van der Waals surface area contributed by atoms with Crippen molar-refractivity contribution in [3.05, 3.63) is 59.7 Å². The molecule has 0 aliphatic heterocycles. The van der Waals surface area contributed by atoms with E-state index in [1.807, 2.05) is 43.3 Å². The zero-order valence-corrected chi connectivity index (χ0v) is 21.7. The summed E-state index contributed by atoms with van der Waals surface area (Å²) in [5.74, 6) is -1.12. The fourth-order valence-electron chi connectivity index (χ4n) is 4.53. The van der Waals surface area contributed by atoms with Crippen LogP contribution in [-0.2, 0) is 23.7 Å². The van der Waals surface area contributed by atoms with Crippen LogP contribution in [0, 0.1) is 0 Å². The summed E-state index contributed by atoms with van der Waals surface area (Å²) >= 11 is 0. The van der Waals surface area contributed by atoms with Gasteiger partial charge in [-0.1, -0.05) is 67.8 Å². The Balaban J connectivity index is 1.30. The van der Waals surface area contributed by atoms with Crippen LogP contribution in [-0.4, -0.2) is 69.5 Å². The van der Waals surface area contributed by atoms with E-state index in [1.165, 1.54) is 0 Å². The topological polar surface area (TPSA) is 103 Å². The van der Waals surface area contributed by atoms with E-state index in [2.05, 4.69) is 17.4 Å². The zero-order valence-electron chi connectivity index (χ0n) is 21.7. The fraction of sp³-hybridized carbons (Fsp3) is 0.517. The van der Waals surface area contributed by atoms with Gasteiger partial charge in [0.25, 0.3) is 0 Å². The van der Waals surface area contributed by atoms with Crippen LogP contribution >= 0.6 is 0 Å². The molecule has 1 atom stereocenters. The van der Waals surface area contributed by atoms with Crippen molar-refractivity contribution in [2.45, 2.75) is 51.0 Å². The smallest absolute Gasteiger partial charge is 0.407 e. The van der Waals surface area contributed by atoms with Gasteiger partial charge in [-0.25, -0.2) is 9.59 Å². The molecule has 8 nitrogen and oxygen atoms in total. The lowest BCUT2D eigenvalue weighted by Gasteiger charge is -2.17. The van der Waals surface area contributed by atoms with E-state index in [0.29, 0.717) is 52.5 Å². The van der Waals surface area contributed by atoms with Crippen LogP contribution in [0.25, 0.3) is 11.1 Å². The predicted molar refractivity (Wildman–Crippen MR) is 141 cm³/mol. The van der Waals surface area contributed by atoms with Gasteiger partial charge in [0.05, 0.1) is 26.4 Å². The largest absolute Gasteiger partial charge is 0.480 e. The highest BCUT2D eigenvalue weighted by Gasteiger charge is 2.29. The Hall–Kier alpha value is -2.94. The predicted octanol–water partition coefficient (Wildman–Crippen LogP) is 5.00. The Bertz CT molecular complexity index is 935. The zero-order chi connectivity index (χ0) is 26.3. The number of ether oxygens (including phenoxy) is 4. The maximum absolute atomic E-state index is 12.4. The van der Waals surface area contributed by atoms with Gasteiger partial charge in [-0.15, -0.1) is 0 Å². The number of carboxylic acid groups (broad SMARTS) is 1. The summed E-state index contributed by atoms with van der Waals surface area (Å²) in [6.45, 7) is 5.73. The van der Waals surface area contributed by atoms with Crippen LogP contribution in [0.15, 0.2) is 48.5 Å². The van der Waals surface area contributed by atoms with E-state index in [9.17, 15) is 14.7 Å². The van der Waals surface area contributed by atoms with Gasteiger partial charge in [-0.2, -0.15) is 0 Å². The molecule has 0 spiro atoms.